The zero-order valence-corrected chi connectivity index (χ0v) is 11.3. The van der Waals surface area contributed by atoms with E-state index in [-0.39, 0.29) is 12.0 Å². The molecule has 0 aromatic carbocycles. The Hall–Kier alpha value is -0.740. The predicted octanol–water partition coefficient (Wildman–Crippen LogP) is 2.36. The molecule has 1 aliphatic heterocycles. The van der Waals surface area contributed by atoms with Crippen LogP contribution in [0, 0.1) is 5.92 Å². The van der Waals surface area contributed by atoms with Crippen molar-refractivity contribution in [1.29, 1.82) is 0 Å². The zero-order chi connectivity index (χ0) is 13.2. The van der Waals surface area contributed by atoms with Crippen LogP contribution >= 0.6 is 11.6 Å². The SMILES string of the molecule is C=C(Cl)CC1CN(C(=O)OC(C)(C)C)CC1O. The van der Waals surface area contributed by atoms with Gasteiger partial charge in [-0.05, 0) is 27.2 Å². The van der Waals surface area contributed by atoms with E-state index in [1.54, 1.807) is 0 Å². The molecule has 1 fully saturated rings. The lowest BCUT2D eigenvalue weighted by atomic mass is 10.0. The van der Waals surface area contributed by atoms with E-state index in [0.29, 0.717) is 24.5 Å². The summed E-state index contributed by atoms with van der Waals surface area (Å²) in [5.74, 6) is -0.0486. The molecule has 2 atom stereocenters. The van der Waals surface area contributed by atoms with Gasteiger partial charge in [-0.2, -0.15) is 0 Å². The molecule has 4 nitrogen and oxygen atoms in total. The highest BCUT2D eigenvalue weighted by Crippen LogP contribution is 2.25. The number of aliphatic hydroxyl groups is 1. The highest BCUT2D eigenvalue weighted by Gasteiger charge is 2.35. The van der Waals surface area contributed by atoms with Crippen molar-refractivity contribution in [2.24, 2.45) is 5.92 Å². The maximum Gasteiger partial charge on any atom is 0.410 e. The molecular weight excluding hydrogens is 242 g/mol. The van der Waals surface area contributed by atoms with Crippen molar-refractivity contribution in [3.05, 3.63) is 11.6 Å². The first-order valence-corrected chi connectivity index (χ1v) is 6.06. The molecule has 1 saturated heterocycles. The number of rotatable bonds is 2. The van der Waals surface area contributed by atoms with Crippen LogP contribution in [0.2, 0.25) is 0 Å². The number of hydrogen-bond donors (Lipinski definition) is 1. The largest absolute Gasteiger partial charge is 0.444 e. The number of likely N-dealkylation sites (tertiary alicyclic amines) is 1. The monoisotopic (exact) mass is 261 g/mol. The number of carbonyl (C=O) groups is 1. The highest BCUT2D eigenvalue weighted by atomic mass is 35.5. The van der Waals surface area contributed by atoms with Gasteiger partial charge in [-0.25, -0.2) is 4.79 Å². The van der Waals surface area contributed by atoms with Gasteiger partial charge in [0.05, 0.1) is 12.6 Å². The first kappa shape index (κ1) is 14.3. The van der Waals surface area contributed by atoms with Gasteiger partial charge < -0.3 is 14.7 Å². The third-order valence-corrected chi connectivity index (χ3v) is 2.70. The Balaban J connectivity index is 2.53. The average molecular weight is 262 g/mol. The Bertz CT molecular complexity index is 311. The molecule has 2 unspecified atom stereocenters. The molecule has 1 heterocycles. The van der Waals surface area contributed by atoms with Crippen molar-refractivity contribution in [3.63, 3.8) is 0 Å². The molecule has 1 N–H and O–H groups in total. The minimum atomic E-state index is -0.557. The molecule has 5 heteroatoms. The fourth-order valence-corrected chi connectivity index (χ4v) is 2.01. The fraction of sp³-hybridized carbons (Fsp3) is 0.750. The summed E-state index contributed by atoms with van der Waals surface area (Å²) in [6.07, 6.45) is -0.431. The molecule has 1 rings (SSSR count). The standard InChI is InChI=1S/C12H20ClNO3/c1-8(13)5-9-6-14(7-10(9)15)11(16)17-12(2,3)4/h9-10,15H,1,5-7H2,2-4H3. The lowest BCUT2D eigenvalue weighted by molar-refractivity contribution is 0.0270. The molecule has 0 aromatic heterocycles. The van der Waals surface area contributed by atoms with Gasteiger partial charge in [0.1, 0.15) is 5.60 Å². The van der Waals surface area contributed by atoms with E-state index in [1.807, 2.05) is 20.8 Å². The number of aliphatic hydroxyl groups excluding tert-OH is 1. The number of amides is 1. The minimum Gasteiger partial charge on any atom is -0.444 e. The second kappa shape index (κ2) is 5.27. The van der Waals surface area contributed by atoms with Crippen LogP contribution in [0.15, 0.2) is 11.6 Å². The maximum atomic E-state index is 11.8. The number of allylic oxidation sites excluding steroid dienone is 1. The third kappa shape index (κ3) is 4.56. The molecule has 0 aromatic rings. The summed E-state index contributed by atoms with van der Waals surface area (Å²) in [5, 5.41) is 10.3. The topological polar surface area (TPSA) is 49.8 Å². The van der Waals surface area contributed by atoms with Crippen LogP contribution in [-0.4, -0.2) is 40.9 Å². The van der Waals surface area contributed by atoms with Crippen LogP contribution in [-0.2, 0) is 4.74 Å². The van der Waals surface area contributed by atoms with Gasteiger partial charge in [0.25, 0.3) is 0 Å². The van der Waals surface area contributed by atoms with E-state index in [0.717, 1.165) is 0 Å². The lowest BCUT2D eigenvalue weighted by Crippen LogP contribution is -2.35. The summed E-state index contributed by atoms with van der Waals surface area (Å²) in [7, 11) is 0. The molecule has 0 spiro atoms. The van der Waals surface area contributed by atoms with Crippen LogP contribution < -0.4 is 0 Å². The molecule has 0 radical (unpaired) electrons. The summed E-state index contributed by atoms with van der Waals surface area (Å²) in [5.41, 5.74) is -0.518. The van der Waals surface area contributed by atoms with E-state index >= 15 is 0 Å². The number of ether oxygens (including phenoxy) is 1. The van der Waals surface area contributed by atoms with E-state index in [2.05, 4.69) is 6.58 Å². The van der Waals surface area contributed by atoms with Crippen molar-refractivity contribution in [1.82, 2.24) is 4.90 Å². The highest BCUT2D eigenvalue weighted by molar-refractivity contribution is 6.29. The molecule has 17 heavy (non-hydrogen) atoms. The van der Waals surface area contributed by atoms with Crippen LogP contribution in [0.25, 0.3) is 0 Å². The Morgan fingerprint density at radius 1 is 1.53 bits per heavy atom. The van der Waals surface area contributed by atoms with Gasteiger partial charge in [0, 0.05) is 17.5 Å². The van der Waals surface area contributed by atoms with Crippen LogP contribution in [0.4, 0.5) is 4.79 Å². The molecule has 0 aliphatic carbocycles. The Labute approximate surface area is 107 Å². The Morgan fingerprint density at radius 2 is 2.12 bits per heavy atom. The summed E-state index contributed by atoms with van der Waals surface area (Å²) in [6.45, 7) is 9.80. The Kier molecular flexibility index (Phi) is 4.44. The van der Waals surface area contributed by atoms with Crippen molar-refractivity contribution in [2.75, 3.05) is 13.1 Å². The lowest BCUT2D eigenvalue weighted by Gasteiger charge is -2.24. The van der Waals surface area contributed by atoms with Crippen molar-refractivity contribution in [3.8, 4) is 0 Å². The fourth-order valence-electron chi connectivity index (χ4n) is 1.81. The second-order valence-electron chi connectivity index (χ2n) is 5.43. The van der Waals surface area contributed by atoms with Gasteiger partial charge in [0.2, 0.25) is 0 Å². The van der Waals surface area contributed by atoms with Gasteiger partial charge >= 0.3 is 6.09 Å². The molecule has 0 saturated carbocycles. The zero-order valence-electron chi connectivity index (χ0n) is 10.6. The van der Waals surface area contributed by atoms with E-state index in [9.17, 15) is 9.90 Å². The Morgan fingerprint density at radius 3 is 2.59 bits per heavy atom. The van der Waals surface area contributed by atoms with Crippen LogP contribution in [0.1, 0.15) is 27.2 Å². The molecular formula is C12H20ClNO3. The van der Waals surface area contributed by atoms with E-state index in [4.69, 9.17) is 16.3 Å². The quantitative estimate of drug-likeness (QED) is 0.830. The third-order valence-electron chi connectivity index (χ3n) is 2.54. The van der Waals surface area contributed by atoms with E-state index < -0.39 is 11.7 Å². The van der Waals surface area contributed by atoms with Crippen molar-refractivity contribution < 1.29 is 14.6 Å². The number of β-amino-alcohol motifs (C(OH)–C–C–N with tert-alkyl or cyclic N) is 1. The molecule has 1 aliphatic rings. The summed E-state index contributed by atoms with van der Waals surface area (Å²) in [4.78, 5) is 13.3. The summed E-state index contributed by atoms with van der Waals surface area (Å²) < 4.78 is 5.24. The van der Waals surface area contributed by atoms with Crippen LogP contribution in [0.3, 0.4) is 0 Å². The first-order chi connectivity index (χ1) is 7.69. The minimum absolute atomic E-state index is 0.0486. The number of carbonyl (C=O) groups excluding carboxylic acids is 1. The van der Waals surface area contributed by atoms with Gasteiger partial charge in [-0.1, -0.05) is 18.2 Å². The number of nitrogens with zero attached hydrogens (tertiary/aromatic N) is 1. The molecule has 1 amide bonds. The van der Waals surface area contributed by atoms with Gasteiger partial charge in [-0.3, -0.25) is 0 Å². The molecule has 0 bridgehead atoms. The smallest absolute Gasteiger partial charge is 0.410 e. The van der Waals surface area contributed by atoms with Crippen molar-refractivity contribution >= 4 is 17.7 Å². The van der Waals surface area contributed by atoms with Crippen LogP contribution in [0.5, 0.6) is 0 Å². The average Bonchev–Trinajstić information content (AvgIpc) is 2.44. The predicted molar refractivity (Wildman–Crippen MR) is 66.9 cm³/mol. The van der Waals surface area contributed by atoms with Gasteiger partial charge in [0.15, 0.2) is 0 Å². The molecule has 98 valence electrons. The van der Waals surface area contributed by atoms with Crippen molar-refractivity contribution in [2.45, 2.75) is 38.9 Å². The second-order valence-corrected chi connectivity index (χ2v) is 5.97. The van der Waals surface area contributed by atoms with E-state index in [1.165, 1.54) is 4.90 Å². The first-order valence-electron chi connectivity index (χ1n) is 5.68. The normalized spacial score (nSPS) is 24.9. The van der Waals surface area contributed by atoms with Gasteiger partial charge in [-0.15, -0.1) is 0 Å². The number of hydrogen-bond acceptors (Lipinski definition) is 3. The maximum absolute atomic E-state index is 11.8. The summed E-state index contributed by atoms with van der Waals surface area (Å²) >= 11 is 5.72. The summed E-state index contributed by atoms with van der Waals surface area (Å²) in [6, 6.07) is 0. The number of halogens is 1.